The molecule has 1 aliphatic carbocycles. The van der Waals surface area contributed by atoms with Gasteiger partial charge in [0.2, 0.25) is 5.88 Å². The third kappa shape index (κ3) is 3.15. The van der Waals surface area contributed by atoms with Gasteiger partial charge in [-0.1, -0.05) is 31.1 Å². The van der Waals surface area contributed by atoms with Crippen molar-refractivity contribution in [2.24, 2.45) is 5.92 Å². The Bertz CT molecular complexity index is 893. The Labute approximate surface area is 159 Å². The Morgan fingerprint density at radius 2 is 2.00 bits per heavy atom. The lowest BCUT2D eigenvalue weighted by Gasteiger charge is -2.35. The van der Waals surface area contributed by atoms with Crippen molar-refractivity contribution in [3.63, 3.8) is 0 Å². The van der Waals surface area contributed by atoms with Crippen molar-refractivity contribution in [2.75, 3.05) is 12.4 Å². The van der Waals surface area contributed by atoms with Gasteiger partial charge in [0, 0.05) is 29.2 Å². The molecule has 0 bridgehead atoms. The number of nitrogens with one attached hydrogen (secondary N) is 1. The fourth-order valence-electron chi connectivity index (χ4n) is 4.43. The molecule has 5 nitrogen and oxygen atoms in total. The number of carbonyl (C=O) groups is 1. The molecular formula is C22H26N2O3. The van der Waals surface area contributed by atoms with Gasteiger partial charge in [0.05, 0.1) is 12.8 Å². The van der Waals surface area contributed by atoms with E-state index in [0.29, 0.717) is 18.2 Å². The van der Waals surface area contributed by atoms with E-state index in [1.807, 2.05) is 19.1 Å². The lowest BCUT2D eigenvalue weighted by molar-refractivity contribution is -0.116. The minimum Gasteiger partial charge on any atom is -0.497 e. The zero-order chi connectivity index (χ0) is 19.1. The van der Waals surface area contributed by atoms with Crippen LogP contribution in [0.15, 0.2) is 40.1 Å². The van der Waals surface area contributed by atoms with Crippen molar-refractivity contribution in [2.45, 2.75) is 51.9 Å². The Hall–Kier alpha value is -2.56. The topological polar surface area (TPSA) is 64.4 Å². The number of aromatic nitrogens is 1. The number of allylic oxidation sites excluding steroid dienone is 2. The molecule has 2 aromatic rings. The van der Waals surface area contributed by atoms with Gasteiger partial charge in [-0.05, 0) is 49.3 Å². The third-order valence-corrected chi connectivity index (χ3v) is 5.67. The number of fused-ring (bicyclic) bond motifs is 1. The van der Waals surface area contributed by atoms with Gasteiger partial charge < -0.3 is 14.6 Å². The first-order chi connectivity index (χ1) is 13.0. The summed E-state index contributed by atoms with van der Waals surface area (Å²) in [6.45, 7) is 6.34. The number of anilines is 1. The van der Waals surface area contributed by atoms with E-state index >= 15 is 0 Å². The maximum atomic E-state index is 13.2. The third-order valence-electron chi connectivity index (χ3n) is 5.67. The molecule has 0 saturated carbocycles. The minimum atomic E-state index is 0.0758. The predicted molar refractivity (Wildman–Crippen MR) is 104 cm³/mol. The van der Waals surface area contributed by atoms with E-state index in [4.69, 9.17) is 9.26 Å². The smallest absolute Gasteiger partial charge is 0.232 e. The molecule has 0 amide bonds. The second kappa shape index (κ2) is 6.87. The second-order valence-corrected chi connectivity index (χ2v) is 8.01. The number of ketones is 1. The lowest BCUT2D eigenvalue weighted by Crippen LogP contribution is -2.29. The van der Waals surface area contributed by atoms with Crippen molar-refractivity contribution < 1.29 is 14.1 Å². The van der Waals surface area contributed by atoms with Gasteiger partial charge in [0.25, 0.3) is 0 Å². The van der Waals surface area contributed by atoms with Gasteiger partial charge >= 0.3 is 0 Å². The van der Waals surface area contributed by atoms with Crippen LogP contribution in [0.1, 0.15) is 61.8 Å². The number of hydrogen-bond acceptors (Lipinski definition) is 5. The zero-order valence-electron chi connectivity index (χ0n) is 16.3. The number of ether oxygens (including phenoxy) is 1. The van der Waals surface area contributed by atoms with E-state index in [1.54, 1.807) is 7.11 Å². The molecule has 0 saturated heterocycles. The van der Waals surface area contributed by atoms with Crippen LogP contribution >= 0.6 is 0 Å². The van der Waals surface area contributed by atoms with Crippen molar-refractivity contribution in [3.05, 3.63) is 52.4 Å². The van der Waals surface area contributed by atoms with Crippen LogP contribution in [-0.4, -0.2) is 18.0 Å². The van der Waals surface area contributed by atoms with Crippen LogP contribution in [0, 0.1) is 12.8 Å². The lowest BCUT2D eigenvalue weighted by atomic mass is 9.72. The Balaban J connectivity index is 1.69. The first-order valence-corrected chi connectivity index (χ1v) is 9.61. The number of benzene rings is 1. The standard InChI is InChI=1S/C22H26N2O3/c1-12(2)9-17-20-13(3)24-27-22(20)23-18-10-15(11-19(25)21(17)18)14-5-7-16(26-4)8-6-14/h5-8,12,15,17,23H,9-11H2,1-4H3. The van der Waals surface area contributed by atoms with Crippen molar-refractivity contribution in [3.8, 4) is 5.75 Å². The van der Waals surface area contributed by atoms with Crippen molar-refractivity contribution in [1.82, 2.24) is 5.16 Å². The molecule has 0 spiro atoms. The van der Waals surface area contributed by atoms with Gasteiger partial charge in [0.1, 0.15) is 5.75 Å². The van der Waals surface area contributed by atoms with Crippen molar-refractivity contribution >= 4 is 11.7 Å². The van der Waals surface area contributed by atoms with E-state index < -0.39 is 0 Å². The minimum absolute atomic E-state index is 0.0758. The fraction of sp³-hybridized carbons (Fsp3) is 0.455. The van der Waals surface area contributed by atoms with E-state index in [1.165, 1.54) is 0 Å². The zero-order valence-corrected chi connectivity index (χ0v) is 16.3. The predicted octanol–water partition coefficient (Wildman–Crippen LogP) is 4.95. The van der Waals surface area contributed by atoms with Crippen molar-refractivity contribution in [1.29, 1.82) is 0 Å². The molecule has 1 aliphatic heterocycles. The number of nitrogens with zero attached hydrogens (tertiary/aromatic N) is 1. The molecule has 142 valence electrons. The first-order valence-electron chi connectivity index (χ1n) is 9.61. The average Bonchev–Trinajstić information content (AvgIpc) is 3.01. The van der Waals surface area contributed by atoms with Gasteiger partial charge in [-0.15, -0.1) is 0 Å². The summed E-state index contributed by atoms with van der Waals surface area (Å²) < 4.78 is 10.8. The largest absolute Gasteiger partial charge is 0.497 e. The maximum Gasteiger partial charge on any atom is 0.232 e. The van der Waals surface area contributed by atoms with E-state index in [0.717, 1.165) is 46.7 Å². The number of aryl methyl sites for hydroxylation is 1. The average molecular weight is 366 g/mol. The molecule has 5 heteroatoms. The number of rotatable bonds is 4. The highest BCUT2D eigenvalue weighted by Gasteiger charge is 2.40. The highest BCUT2D eigenvalue weighted by molar-refractivity contribution is 6.00. The molecule has 2 unspecified atom stereocenters. The van der Waals surface area contributed by atoms with E-state index in [9.17, 15) is 4.79 Å². The quantitative estimate of drug-likeness (QED) is 0.829. The number of Topliss-reactive ketones (excluding diaryl/α,β-unsaturated/α-hetero) is 1. The molecule has 0 radical (unpaired) electrons. The second-order valence-electron chi connectivity index (χ2n) is 8.01. The van der Waals surface area contributed by atoms with Crippen LogP contribution < -0.4 is 10.1 Å². The van der Waals surface area contributed by atoms with Crippen LogP contribution in [0.2, 0.25) is 0 Å². The van der Waals surface area contributed by atoms with Gasteiger partial charge in [-0.25, -0.2) is 0 Å². The van der Waals surface area contributed by atoms with Crippen LogP contribution in [0.4, 0.5) is 5.88 Å². The Kier molecular flexibility index (Phi) is 4.54. The number of hydrogen-bond donors (Lipinski definition) is 1. The molecule has 1 N–H and O–H groups in total. The number of methoxy groups -OCH3 is 1. The SMILES string of the molecule is COc1ccc(C2CC(=O)C3=C(C2)Nc2onc(C)c2C3CC(C)C)cc1. The van der Waals surface area contributed by atoms with E-state index in [-0.39, 0.29) is 17.6 Å². The summed E-state index contributed by atoms with van der Waals surface area (Å²) in [5.74, 6) is 2.50. The summed E-state index contributed by atoms with van der Waals surface area (Å²) in [4.78, 5) is 13.2. The molecule has 2 heterocycles. The van der Waals surface area contributed by atoms with E-state index in [2.05, 4.69) is 36.5 Å². The normalized spacial score (nSPS) is 21.7. The molecule has 1 aromatic heterocycles. The molecule has 27 heavy (non-hydrogen) atoms. The Morgan fingerprint density at radius 3 is 2.67 bits per heavy atom. The van der Waals surface area contributed by atoms with Gasteiger partial charge in [-0.3, -0.25) is 4.79 Å². The summed E-state index contributed by atoms with van der Waals surface area (Å²) in [5, 5.41) is 7.53. The monoisotopic (exact) mass is 366 g/mol. The highest BCUT2D eigenvalue weighted by Crippen LogP contribution is 2.48. The van der Waals surface area contributed by atoms with Crippen LogP contribution in [0.3, 0.4) is 0 Å². The summed E-state index contributed by atoms with van der Waals surface area (Å²) in [5.41, 5.74) is 5.03. The number of carbonyl (C=O) groups excluding carboxylic acids is 1. The van der Waals surface area contributed by atoms with Gasteiger partial charge in [0.15, 0.2) is 5.78 Å². The van der Waals surface area contributed by atoms with Crippen LogP contribution in [-0.2, 0) is 4.79 Å². The summed E-state index contributed by atoms with van der Waals surface area (Å²) >= 11 is 0. The molecular weight excluding hydrogens is 340 g/mol. The molecule has 1 aromatic carbocycles. The molecule has 0 fully saturated rings. The Morgan fingerprint density at radius 1 is 1.26 bits per heavy atom. The van der Waals surface area contributed by atoms with Crippen LogP contribution in [0.5, 0.6) is 5.75 Å². The summed E-state index contributed by atoms with van der Waals surface area (Å²) in [7, 11) is 1.66. The highest BCUT2D eigenvalue weighted by atomic mass is 16.5. The molecule has 2 atom stereocenters. The van der Waals surface area contributed by atoms with Gasteiger partial charge in [-0.2, -0.15) is 0 Å². The maximum absolute atomic E-state index is 13.2. The molecule has 2 aliphatic rings. The molecule has 4 rings (SSSR count). The van der Waals surface area contributed by atoms with Crippen LogP contribution in [0.25, 0.3) is 0 Å². The first kappa shape index (κ1) is 17.8. The summed E-state index contributed by atoms with van der Waals surface area (Å²) in [6, 6.07) is 8.02. The summed E-state index contributed by atoms with van der Waals surface area (Å²) in [6.07, 6.45) is 2.27. The fourth-order valence-corrected chi connectivity index (χ4v) is 4.43.